The van der Waals surface area contributed by atoms with Crippen LogP contribution < -0.4 is 23.7 Å². The molecule has 1 atom stereocenters. The monoisotopic (exact) mass is 572 g/mol. The number of carbonyl (C=O) groups is 2. The second kappa shape index (κ2) is 11.8. The van der Waals surface area contributed by atoms with Crippen molar-refractivity contribution >= 4 is 28.4 Å². The van der Waals surface area contributed by atoms with Crippen molar-refractivity contribution in [2.45, 2.75) is 12.5 Å². The molecule has 5 rings (SSSR count). The van der Waals surface area contributed by atoms with Crippen LogP contribution in [0.1, 0.15) is 22.7 Å². The Morgan fingerprint density at radius 3 is 2.17 bits per heavy atom. The van der Waals surface area contributed by atoms with Gasteiger partial charge in [0.05, 0.1) is 47.2 Å². The van der Waals surface area contributed by atoms with Crippen LogP contribution in [0.3, 0.4) is 0 Å². The number of aromatic amines is 1. The third kappa shape index (κ3) is 4.96. The number of methoxy groups -OCH3 is 5. The summed E-state index contributed by atoms with van der Waals surface area (Å²) in [5, 5.41) is 12.5. The van der Waals surface area contributed by atoms with Gasteiger partial charge in [-0.1, -0.05) is 0 Å². The fourth-order valence-electron chi connectivity index (χ4n) is 5.36. The first-order valence-corrected chi connectivity index (χ1v) is 13.2. The molecule has 42 heavy (non-hydrogen) atoms. The number of ether oxygens (including phenoxy) is 5. The maximum absolute atomic E-state index is 13.6. The number of benzene rings is 3. The van der Waals surface area contributed by atoms with Crippen LogP contribution >= 0.6 is 0 Å². The van der Waals surface area contributed by atoms with Gasteiger partial charge in [-0.15, -0.1) is 0 Å². The highest BCUT2D eigenvalue weighted by molar-refractivity contribution is 6.46. The average Bonchev–Trinajstić information content (AvgIpc) is 3.55. The molecule has 4 aromatic rings. The molecule has 2 N–H and O–H groups in total. The van der Waals surface area contributed by atoms with Crippen molar-refractivity contribution in [2.75, 3.05) is 42.1 Å². The van der Waals surface area contributed by atoms with Gasteiger partial charge in [-0.2, -0.15) is 0 Å². The van der Waals surface area contributed by atoms with Gasteiger partial charge in [0.2, 0.25) is 0 Å². The first kappa shape index (κ1) is 28.4. The molecule has 1 aliphatic rings. The third-order valence-electron chi connectivity index (χ3n) is 7.53. The van der Waals surface area contributed by atoms with Crippen LogP contribution in [0.25, 0.3) is 16.7 Å². The van der Waals surface area contributed by atoms with E-state index in [1.807, 2.05) is 24.4 Å². The average molecular weight is 573 g/mol. The molecule has 0 aliphatic carbocycles. The number of H-pyrrole nitrogens is 1. The van der Waals surface area contributed by atoms with Gasteiger partial charge in [0.1, 0.15) is 23.0 Å². The SMILES string of the molecule is COc1ccc(OC)c([C@H]2C(=C(O)c3ccc(OC)c(OC)c3)C(=O)C(=O)N2CCc2c[nH]c3ccc(OC)cc23)c1. The number of amides is 1. The van der Waals surface area contributed by atoms with Gasteiger partial charge in [-0.25, -0.2) is 0 Å². The van der Waals surface area contributed by atoms with E-state index < -0.39 is 17.7 Å². The highest BCUT2D eigenvalue weighted by atomic mass is 16.5. The molecule has 218 valence electrons. The van der Waals surface area contributed by atoms with E-state index in [4.69, 9.17) is 23.7 Å². The summed E-state index contributed by atoms with van der Waals surface area (Å²) in [6.45, 7) is 0.183. The molecule has 0 spiro atoms. The molecule has 1 aliphatic heterocycles. The molecule has 1 amide bonds. The molecule has 2 heterocycles. The lowest BCUT2D eigenvalue weighted by atomic mass is 9.94. The van der Waals surface area contributed by atoms with E-state index in [0.717, 1.165) is 16.5 Å². The van der Waals surface area contributed by atoms with Gasteiger partial charge >= 0.3 is 0 Å². The summed E-state index contributed by atoms with van der Waals surface area (Å²) in [7, 11) is 7.61. The van der Waals surface area contributed by atoms with E-state index in [0.29, 0.717) is 46.3 Å². The molecule has 10 nitrogen and oxygen atoms in total. The molecule has 10 heteroatoms. The first-order valence-electron chi connectivity index (χ1n) is 13.2. The first-order chi connectivity index (χ1) is 20.3. The molecule has 3 aromatic carbocycles. The number of ketones is 1. The summed E-state index contributed by atoms with van der Waals surface area (Å²) in [6, 6.07) is 14.7. The van der Waals surface area contributed by atoms with Crippen LogP contribution in [0.15, 0.2) is 66.4 Å². The van der Waals surface area contributed by atoms with Crippen molar-refractivity contribution in [3.63, 3.8) is 0 Å². The predicted molar refractivity (Wildman–Crippen MR) is 157 cm³/mol. The second-order valence-electron chi connectivity index (χ2n) is 9.65. The fraction of sp³-hybridized carbons (Fsp3) is 0.250. The third-order valence-corrected chi connectivity index (χ3v) is 7.53. The molecular weight excluding hydrogens is 540 g/mol. The molecule has 1 saturated heterocycles. The summed E-state index contributed by atoms with van der Waals surface area (Å²) in [5.74, 6) is 0.580. The van der Waals surface area contributed by atoms with Gasteiger partial charge in [0, 0.05) is 34.8 Å². The largest absolute Gasteiger partial charge is 0.507 e. The molecule has 1 fully saturated rings. The second-order valence-corrected chi connectivity index (χ2v) is 9.65. The fourth-order valence-corrected chi connectivity index (χ4v) is 5.36. The van der Waals surface area contributed by atoms with Crippen LogP contribution in [-0.4, -0.2) is 68.8 Å². The summed E-state index contributed by atoms with van der Waals surface area (Å²) in [6.07, 6.45) is 2.31. The quantitative estimate of drug-likeness (QED) is 0.157. The van der Waals surface area contributed by atoms with Crippen molar-refractivity contribution in [3.05, 3.63) is 83.1 Å². The molecule has 1 aromatic heterocycles. The van der Waals surface area contributed by atoms with Crippen molar-refractivity contribution in [3.8, 4) is 28.7 Å². The Labute approximate surface area is 243 Å². The Morgan fingerprint density at radius 2 is 1.48 bits per heavy atom. The number of rotatable bonds is 10. The lowest BCUT2D eigenvalue weighted by molar-refractivity contribution is -0.139. The van der Waals surface area contributed by atoms with Gasteiger partial charge in [0.15, 0.2) is 11.5 Å². The van der Waals surface area contributed by atoms with E-state index >= 15 is 0 Å². The maximum Gasteiger partial charge on any atom is 0.295 e. The highest BCUT2D eigenvalue weighted by Gasteiger charge is 2.47. The van der Waals surface area contributed by atoms with Crippen LogP contribution in [0.5, 0.6) is 28.7 Å². The van der Waals surface area contributed by atoms with E-state index in [1.165, 1.54) is 33.3 Å². The highest BCUT2D eigenvalue weighted by Crippen LogP contribution is 2.44. The Balaban J connectivity index is 1.63. The Kier molecular flexibility index (Phi) is 7.97. The van der Waals surface area contributed by atoms with E-state index in [1.54, 1.807) is 43.5 Å². The summed E-state index contributed by atoms with van der Waals surface area (Å²) in [4.78, 5) is 32.0. The Hall–Kier alpha value is -5.12. The van der Waals surface area contributed by atoms with Gasteiger partial charge < -0.3 is 38.7 Å². The van der Waals surface area contributed by atoms with Crippen LogP contribution in [0.2, 0.25) is 0 Å². The minimum absolute atomic E-state index is 0.0700. The van der Waals surface area contributed by atoms with Crippen molar-refractivity contribution in [1.29, 1.82) is 0 Å². The van der Waals surface area contributed by atoms with Crippen molar-refractivity contribution in [1.82, 2.24) is 9.88 Å². The lowest BCUT2D eigenvalue weighted by Crippen LogP contribution is -2.31. The summed E-state index contributed by atoms with van der Waals surface area (Å²) in [5.41, 5.74) is 2.59. The van der Waals surface area contributed by atoms with Gasteiger partial charge in [-0.3, -0.25) is 9.59 Å². The number of nitrogens with one attached hydrogen (secondary N) is 1. The summed E-state index contributed by atoms with van der Waals surface area (Å²) < 4.78 is 27.2. The number of hydrogen-bond acceptors (Lipinski definition) is 8. The zero-order valence-electron chi connectivity index (χ0n) is 24.0. The normalized spacial score (nSPS) is 16.1. The van der Waals surface area contributed by atoms with E-state index in [-0.39, 0.29) is 17.9 Å². The van der Waals surface area contributed by atoms with Gasteiger partial charge in [-0.05, 0) is 66.6 Å². The maximum atomic E-state index is 13.6. The smallest absolute Gasteiger partial charge is 0.295 e. The topological polar surface area (TPSA) is 120 Å². The van der Waals surface area contributed by atoms with Crippen LogP contribution in [0, 0.1) is 0 Å². The number of aromatic nitrogens is 1. The molecule has 0 saturated carbocycles. The zero-order valence-corrected chi connectivity index (χ0v) is 24.0. The Morgan fingerprint density at radius 1 is 0.810 bits per heavy atom. The molecule has 0 radical (unpaired) electrons. The van der Waals surface area contributed by atoms with E-state index in [2.05, 4.69) is 4.98 Å². The van der Waals surface area contributed by atoms with Crippen LogP contribution in [0.4, 0.5) is 0 Å². The van der Waals surface area contributed by atoms with Crippen molar-refractivity contribution in [2.24, 2.45) is 0 Å². The molecule has 0 bridgehead atoms. The minimum Gasteiger partial charge on any atom is -0.507 e. The number of carbonyl (C=O) groups excluding carboxylic acids is 2. The number of likely N-dealkylation sites (tertiary alicyclic amines) is 1. The lowest BCUT2D eigenvalue weighted by Gasteiger charge is -2.27. The number of fused-ring (bicyclic) bond motifs is 1. The predicted octanol–water partition coefficient (Wildman–Crippen LogP) is 4.88. The van der Waals surface area contributed by atoms with E-state index in [9.17, 15) is 14.7 Å². The number of aliphatic hydroxyl groups excluding tert-OH is 1. The molecular formula is C32H32N2O8. The van der Waals surface area contributed by atoms with Crippen molar-refractivity contribution < 1.29 is 38.4 Å². The number of Topliss-reactive ketones (excluding diaryl/α,β-unsaturated/α-hetero) is 1. The van der Waals surface area contributed by atoms with Crippen LogP contribution in [-0.2, 0) is 16.0 Å². The number of hydrogen-bond donors (Lipinski definition) is 2. The number of aliphatic hydroxyl groups is 1. The summed E-state index contributed by atoms with van der Waals surface area (Å²) >= 11 is 0. The standard InChI is InChI=1S/C32H32N2O8/c1-38-20-7-9-24-22(15-20)19(17-33-24)12-13-34-29(23-16-21(39-2)8-11-25(23)40-3)28(31(36)32(34)37)30(35)18-6-10-26(41-4)27(14-18)42-5/h6-11,14-17,29,33,35H,12-13H2,1-5H3/t29-/m0/s1. The Bertz CT molecular complexity index is 1690. The van der Waals surface area contributed by atoms with Gasteiger partial charge in [0.25, 0.3) is 11.7 Å². The molecule has 0 unspecified atom stereocenters. The number of nitrogens with zero attached hydrogens (tertiary/aromatic N) is 1. The zero-order chi connectivity index (χ0) is 30.0. The minimum atomic E-state index is -0.956.